The molecule has 0 saturated carbocycles. The maximum Gasteiger partial charge on any atom is 0.198 e. The molecule has 240 valence electrons. The van der Waals surface area contributed by atoms with Crippen molar-refractivity contribution in [1.29, 1.82) is 0 Å². The van der Waals surface area contributed by atoms with Gasteiger partial charge in [0.2, 0.25) is 0 Å². The van der Waals surface area contributed by atoms with Gasteiger partial charge in [0, 0.05) is 24.9 Å². The van der Waals surface area contributed by atoms with E-state index in [0.29, 0.717) is 21.9 Å². The number of hydrogen-bond acceptors (Lipinski definition) is 1. The van der Waals surface area contributed by atoms with E-state index in [1.54, 1.807) is 48.5 Å². The predicted octanol–water partition coefficient (Wildman–Crippen LogP) is 7.00. The summed E-state index contributed by atoms with van der Waals surface area (Å²) < 4.78 is 58.2. The Hall–Kier alpha value is -4.49. The molecule has 0 aliphatic carbocycles. The second kappa shape index (κ2) is 14.5. The lowest BCUT2D eigenvalue weighted by Crippen LogP contribution is -2.75. The molecular formula is C40H39BF4N2. The third-order valence-electron chi connectivity index (χ3n) is 9.80. The molecule has 0 bridgehead atoms. The molecule has 1 saturated heterocycles. The van der Waals surface area contributed by atoms with Crippen molar-refractivity contribution in [3.05, 3.63) is 156 Å². The second-order valence-corrected chi connectivity index (χ2v) is 12.8. The zero-order chi connectivity index (χ0) is 32.7. The van der Waals surface area contributed by atoms with Gasteiger partial charge in [-0.1, -0.05) is 103 Å². The van der Waals surface area contributed by atoms with Gasteiger partial charge in [-0.3, -0.25) is 4.48 Å². The van der Waals surface area contributed by atoms with Crippen LogP contribution in [0.5, 0.6) is 0 Å². The second-order valence-electron chi connectivity index (χ2n) is 12.8. The Bertz CT molecular complexity index is 1660. The summed E-state index contributed by atoms with van der Waals surface area (Å²) in [7, 11) is 0. The minimum atomic E-state index is -2.25. The van der Waals surface area contributed by atoms with Crippen LogP contribution in [0, 0.1) is 23.3 Å². The highest BCUT2D eigenvalue weighted by Gasteiger charge is 2.37. The molecule has 2 aliphatic rings. The number of hydrogen-bond donors (Lipinski definition) is 0. The Morgan fingerprint density at radius 1 is 0.511 bits per heavy atom. The summed E-state index contributed by atoms with van der Waals surface area (Å²) in [5.74, 6) is -0.463. The van der Waals surface area contributed by atoms with E-state index < -0.39 is 29.4 Å². The highest BCUT2D eigenvalue weighted by atomic mass is 19.1. The van der Waals surface area contributed by atoms with E-state index in [-0.39, 0.29) is 0 Å². The summed E-state index contributed by atoms with van der Waals surface area (Å²) in [5.41, 5.74) is 3.44. The number of quaternary nitrogens is 1. The first-order valence-electron chi connectivity index (χ1n) is 16.5. The lowest BCUT2D eigenvalue weighted by Gasteiger charge is -2.44. The molecule has 0 radical (unpaired) electrons. The van der Waals surface area contributed by atoms with Crippen LogP contribution in [-0.4, -0.2) is 36.1 Å². The van der Waals surface area contributed by atoms with Crippen LogP contribution in [0.4, 0.5) is 17.6 Å². The first-order chi connectivity index (χ1) is 22.9. The van der Waals surface area contributed by atoms with E-state index in [2.05, 4.69) is 30.3 Å². The molecule has 1 unspecified atom stereocenters. The molecule has 2 heterocycles. The SMILES string of the molecule is Fc1cccc([B-](c2cccc(F)c2)(c2cccc(F)c2)c2cccc(F)c2)c1.c1ccc(C[N+]23CCCCCC2=NCCC3)cc1. The fourth-order valence-corrected chi connectivity index (χ4v) is 7.73. The number of amidine groups is 1. The summed E-state index contributed by atoms with van der Waals surface area (Å²) in [6.45, 7) is 4.81. The molecule has 0 N–H and O–H groups in total. The van der Waals surface area contributed by atoms with E-state index in [9.17, 15) is 17.6 Å². The zero-order valence-electron chi connectivity index (χ0n) is 26.5. The van der Waals surface area contributed by atoms with Crippen molar-refractivity contribution < 1.29 is 22.0 Å². The van der Waals surface area contributed by atoms with Gasteiger partial charge in [-0.15, -0.1) is 0 Å². The Kier molecular flexibility index (Phi) is 10.0. The standard InChI is InChI=1S/C24H16BF4.C16H23N2/c26-21-9-1-5-17(13-21)25(18-6-2-10-22(27)14-18,19-7-3-11-23(28)15-19)20-8-4-12-24(29)16-20;1-3-8-15(9-4-1)14-18-12-6-2-5-10-16(18)17-11-7-13-18/h1-16H;1,3-4,8-9H,2,5-7,10-14H2/q-1;+1. The molecule has 2 aliphatic heterocycles. The van der Waals surface area contributed by atoms with Crippen LogP contribution >= 0.6 is 0 Å². The molecule has 0 aromatic heterocycles. The fraction of sp³-hybridized carbons (Fsp3) is 0.225. The predicted molar refractivity (Wildman–Crippen MR) is 185 cm³/mol. The summed E-state index contributed by atoms with van der Waals surface area (Å²) in [6, 6.07) is 34.4. The van der Waals surface area contributed by atoms with Crippen LogP contribution in [0.1, 0.15) is 37.7 Å². The van der Waals surface area contributed by atoms with Gasteiger partial charge in [0.15, 0.2) is 5.84 Å². The van der Waals surface area contributed by atoms with Crippen molar-refractivity contribution in [1.82, 2.24) is 0 Å². The first kappa shape index (κ1) is 32.5. The normalized spacial score (nSPS) is 17.8. The van der Waals surface area contributed by atoms with Gasteiger partial charge < -0.3 is 0 Å². The molecule has 0 spiro atoms. The smallest absolute Gasteiger partial charge is 0.198 e. The Morgan fingerprint density at radius 2 is 0.979 bits per heavy atom. The first-order valence-corrected chi connectivity index (χ1v) is 16.5. The summed E-state index contributed by atoms with van der Waals surface area (Å²) >= 11 is 0. The quantitative estimate of drug-likeness (QED) is 0.108. The monoisotopic (exact) mass is 634 g/mol. The van der Waals surface area contributed by atoms with Gasteiger partial charge in [-0.25, -0.2) is 22.6 Å². The van der Waals surface area contributed by atoms with Crippen LogP contribution in [0.25, 0.3) is 0 Å². The zero-order valence-corrected chi connectivity index (χ0v) is 26.5. The van der Waals surface area contributed by atoms with Crippen molar-refractivity contribution in [2.45, 2.75) is 38.6 Å². The summed E-state index contributed by atoms with van der Waals surface area (Å²) in [5, 5.41) is 0. The maximum atomic E-state index is 14.3. The van der Waals surface area contributed by atoms with Crippen molar-refractivity contribution in [2.75, 3.05) is 19.6 Å². The van der Waals surface area contributed by atoms with Crippen molar-refractivity contribution in [3.63, 3.8) is 0 Å². The summed E-state index contributed by atoms with van der Waals surface area (Å²) in [4.78, 5) is 4.87. The molecule has 0 amide bonds. The Balaban J connectivity index is 0.000000183. The van der Waals surface area contributed by atoms with E-state index in [1.165, 1.54) is 105 Å². The van der Waals surface area contributed by atoms with Crippen LogP contribution in [0.2, 0.25) is 0 Å². The van der Waals surface area contributed by atoms with Gasteiger partial charge in [-0.2, -0.15) is 21.9 Å². The number of rotatable bonds is 6. The Labute approximate surface area is 274 Å². The van der Waals surface area contributed by atoms with Crippen LogP contribution in [-0.2, 0) is 6.54 Å². The van der Waals surface area contributed by atoms with E-state index in [4.69, 9.17) is 4.99 Å². The lowest BCUT2D eigenvalue weighted by atomic mass is 9.13. The number of benzene rings is 5. The lowest BCUT2D eigenvalue weighted by molar-refractivity contribution is -0.858. The van der Waals surface area contributed by atoms with Gasteiger partial charge in [0.05, 0.1) is 13.1 Å². The third kappa shape index (κ3) is 7.11. The van der Waals surface area contributed by atoms with Gasteiger partial charge >= 0.3 is 0 Å². The van der Waals surface area contributed by atoms with Gasteiger partial charge in [-0.05, 0) is 43.5 Å². The van der Waals surface area contributed by atoms with Gasteiger partial charge in [0.1, 0.15) is 36.0 Å². The average Bonchev–Trinajstić information content (AvgIpc) is 3.29. The maximum absolute atomic E-state index is 14.3. The molecule has 5 aromatic carbocycles. The molecule has 1 atom stereocenters. The van der Waals surface area contributed by atoms with Crippen LogP contribution < -0.4 is 21.9 Å². The highest BCUT2D eigenvalue weighted by Crippen LogP contribution is 2.27. The number of fused-ring (bicyclic) bond motifs is 1. The minimum absolute atomic E-state index is 0.488. The third-order valence-corrected chi connectivity index (χ3v) is 9.80. The number of aliphatic imine (C=N–C) groups is 1. The molecule has 47 heavy (non-hydrogen) atoms. The topological polar surface area (TPSA) is 12.4 Å². The molecule has 5 aromatic rings. The summed E-state index contributed by atoms with van der Waals surface area (Å²) in [6.07, 6.45) is 4.33. The minimum Gasteiger partial charge on any atom is -0.275 e. The van der Waals surface area contributed by atoms with Gasteiger partial charge in [0.25, 0.3) is 0 Å². The van der Waals surface area contributed by atoms with Crippen LogP contribution in [0.15, 0.2) is 132 Å². The molecule has 1 fully saturated rings. The van der Waals surface area contributed by atoms with E-state index >= 15 is 0 Å². The van der Waals surface area contributed by atoms with E-state index in [0.717, 1.165) is 17.6 Å². The highest BCUT2D eigenvalue weighted by molar-refractivity contribution is 7.19. The van der Waals surface area contributed by atoms with Crippen molar-refractivity contribution in [2.24, 2.45) is 4.99 Å². The fourth-order valence-electron chi connectivity index (χ4n) is 7.73. The molecular weight excluding hydrogens is 595 g/mol. The number of halogens is 4. The molecule has 7 rings (SSSR count). The van der Waals surface area contributed by atoms with Crippen LogP contribution in [0.3, 0.4) is 0 Å². The largest absolute Gasteiger partial charge is 0.275 e. The molecule has 2 nitrogen and oxygen atoms in total. The average molecular weight is 635 g/mol. The van der Waals surface area contributed by atoms with E-state index in [1.807, 2.05) is 0 Å². The Morgan fingerprint density at radius 3 is 1.45 bits per heavy atom. The van der Waals surface area contributed by atoms with Crippen molar-refractivity contribution in [3.8, 4) is 0 Å². The van der Waals surface area contributed by atoms with Crippen molar-refractivity contribution >= 4 is 33.8 Å². The number of nitrogens with zero attached hydrogens (tertiary/aromatic N) is 2. The molecule has 7 heteroatoms.